The number of nitrogens with one attached hydrogen (secondary N) is 3. The van der Waals surface area contributed by atoms with Gasteiger partial charge in [0.15, 0.2) is 0 Å². The van der Waals surface area contributed by atoms with Crippen molar-refractivity contribution in [3.8, 4) is 0 Å². The number of hydrogen-bond donors (Lipinski definition) is 3. The summed E-state index contributed by atoms with van der Waals surface area (Å²) in [5.41, 5.74) is 11.3. The fourth-order valence-corrected chi connectivity index (χ4v) is 2.39. The largest absolute Gasteiger partial charge is 0.290 e. The van der Waals surface area contributed by atoms with Crippen LogP contribution in [-0.4, -0.2) is 18.8 Å². The summed E-state index contributed by atoms with van der Waals surface area (Å²) < 4.78 is 0. The predicted molar refractivity (Wildman–Crippen MR) is 59.9 cm³/mol. The van der Waals surface area contributed by atoms with Crippen molar-refractivity contribution in [1.29, 1.82) is 0 Å². The maximum Gasteiger partial charge on any atom is 0.113 e. The van der Waals surface area contributed by atoms with Gasteiger partial charge in [-0.2, -0.15) is 0 Å². The highest BCUT2D eigenvalue weighted by atomic mass is 15.7. The lowest BCUT2D eigenvalue weighted by atomic mass is 10.0. The molecule has 3 atom stereocenters. The van der Waals surface area contributed by atoms with Crippen LogP contribution in [0.3, 0.4) is 0 Å². The first-order chi connectivity index (χ1) is 7.36. The van der Waals surface area contributed by atoms with Gasteiger partial charge in [0.1, 0.15) is 6.17 Å². The van der Waals surface area contributed by atoms with E-state index in [1.165, 1.54) is 5.69 Å². The van der Waals surface area contributed by atoms with Gasteiger partial charge in [0, 0.05) is 18.5 Å². The molecule has 1 aromatic carbocycles. The van der Waals surface area contributed by atoms with E-state index in [2.05, 4.69) is 52.5 Å². The highest BCUT2D eigenvalue weighted by molar-refractivity contribution is 5.47. The van der Waals surface area contributed by atoms with Crippen molar-refractivity contribution in [2.45, 2.75) is 19.1 Å². The van der Waals surface area contributed by atoms with Gasteiger partial charge in [0.05, 0.1) is 5.69 Å². The Hall–Kier alpha value is -1.10. The van der Waals surface area contributed by atoms with Crippen molar-refractivity contribution in [3.63, 3.8) is 0 Å². The SMILES string of the molecule is CC1NNC2C1CNN2c1ccccc1. The molecule has 2 aliphatic rings. The highest BCUT2D eigenvalue weighted by Crippen LogP contribution is 2.26. The Bertz CT molecular complexity index is 340. The summed E-state index contributed by atoms with van der Waals surface area (Å²) in [7, 11) is 0. The van der Waals surface area contributed by atoms with Crippen LogP contribution in [0.1, 0.15) is 6.92 Å². The Morgan fingerprint density at radius 3 is 2.80 bits per heavy atom. The first-order valence-corrected chi connectivity index (χ1v) is 5.45. The Labute approximate surface area is 89.6 Å². The van der Waals surface area contributed by atoms with Crippen LogP contribution in [0.15, 0.2) is 30.3 Å². The molecule has 0 radical (unpaired) electrons. The molecular weight excluding hydrogens is 188 g/mol. The maximum atomic E-state index is 3.44. The Balaban J connectivity index is 1.85. The fraction of sp³-hybridized carbons (Fsp3) is 0.455. The van der Waals surface area contributed by atoms with Crippen molar-refractivity contribution in [2.75, 3.05) is 11.6 Å². The zero-order valence-corrected chi connectivity index (χ0v) is 8.77. The van der Waals surface area contributed by atoms with Crippen LogP contribution >= 0.6 is 0 Å². The average molecular weight is 204 g/mol. The molecule has 3 rings (SSSR count). The van der Waals surface area contributed by atoms with E-state index in [9.17, 15) is 0 Å². The smallest absolute Gasteiger partial charge is 0.113 e. The van der Waals surface area contributed by atoms with E-state index in [1.807, 2.05) is 6.07 Å². The first-order valence-electron chi connectivity index (χ1n) is 5.45. The molecular formula is C11H16N4. The van der Waals surface area contributed by atoms with Crippen molar-refractivity contribution in [2.24, 2.45) is 5.92 Å². The van der Waals surface area contributed by atoms with E-state index in [1.54, 1.807) is 0 Å². The van der Waals surface area contributed by atoms with E-state index in [0.717, 1.165) is 6.54 Å². The van der Waals surface area contributed by atoms with Gasteiger partial charge in [0.25, 0.3) is 0 Å². The summed E-state index contributed by atoms with van der Waals surface area (Å²) in [6, 6.07) is 10.9. The topological polar surface area (TPSA) is 39.3 Å². The zero-order chi connectivity index (χ0) is 10.3. The molecule has 3 N–H and O–H groups in total. The second kappa shape index (κ2) is 3.48. The molecule has 2 fully saturated rings. The van der Waals surface area contributed by atoms with Crippen molar-refractivity contribution < 1.29 is 0 Å². The summed E-state index contributed by atoms with van der Waals surface area (Å²) >= 11 is 0. The zero-order valence-electron chi connectivity index (χ0n) is 8.77. The summed E-state index contributed by atoms with van der Waals surface area (Å²) in [5, 5.41) is 2.21. The molecule has 0 amide bonds. The van der Waals surface area contributed by atoms with Crippen molar-refractivity contribution in [3.05, 3.63) is 30.3 Å². The molecule has 0 aromatic heterocycles. The fourth-order valence-electron chi connectivity index (χ4n) is 2.39. The quantitative estimate of drug-likeness (QED) is 0.621. The monoisotopic (exact) mass is 204 g/mol. The van der Waals surface area contributed by atoms with Crippen LogP contribution in [-0.2, 0) is 0 Å². The number of rotatable bonds is 1. The summed E-state index contributed by atoms with van der Waals surface area (Å²) in [4.78, 5) is 0. The molecule has 0 bridgehead atoms. The van der Waals surface area contributed by atoms with Gasteiger partial charge in [-0.25, -0.2) is 10.9 Å². The van der Waals surface area contributed by atoms with Gasteiger partial charge in [-0.05, 0) is 19.1 Å². The van der Waals surface area contributed by atoms with Crippen LogP contribution in [0.4, 0.5) is 5.69 Å². The molecule has 2 heterocycles. The molecule has 0 saturated carbocycles. The van der Waals surface area contributed by atoms with Crippen LogP contribution < -0.4 is 21.3 Å². The van der Waals surface area contributed by atoms with E-state index in [-0.39, 0.29) is 0 Å². The summed E-state index contributed by atoms with van der Waals surface area (Å²) in [6.45, 7) is 3.24. The average Bonchev–Trinajstić information content (AvgIpc) is 2.83. The highest BCUT2D eigenvalue weighted by Gasteiger charge is 2.41. The van der Waals surface area contributed by atoms with Crippen LogP contribution in [0, 0.1) is 5.92 Å². The van der Waals surface area contributed by atoms with Crippen LogP contribution in [0.5, 0.6) is 0 Å². The molecule has 2 saturated heterocycles. The lowest BCUT2D eigenvalue weighted by Crippen LogP contribution is -2.47. The standard InChI is InChI=1S/C11H16N4/c1-8-10-7-12-15(11(10)14-13-8)9-5-3-2-4-6-9/h2-6,8,10-14H,7H2,1H3. The molecule has 0 aliphatic carbocycles. The van der Waals surface area contributed by atoms with E-state index < -0.39 is 0 Å². The number of nitrogens with zero attached hydrogens (tertiary/aromatic N) is 1. The van der Waals surface area contributed by atoms with Gasteiger partial charge in [0.2, 0.25) is 0 Å². The summed E-state index contributed by atoms with van der Waals surface area (Å²) in [6.07, 6.45) is 0.363. The normalized spacial score (nSPS) is 34.5. The Morgan fingerprint density at radius 2 is 2.00 bits per heavy atom. The number of para-hydroxylation sites is 1. The molecule has 4 nitrogen and oxygen atoms in total. The number of hydrogen-bond acceptors (Lipinski definition) is 4. The second-order valence-electron chi connectivity index (χ2n) is 4.25. The molecule has 4 heteroatoms. The first kappa shape index (κ1) is 9.15. The van der Waals surface area contributed by atoms with E-state index in [0.29, 0.717) is 18.1 Å². The number of benzene rings is 1. The minimum absolute atomic E-state index is 0.363. The maximum absolute atomic E-state index is 3.44. The van der Waals surface area contributed by atoms with Gasteiger partial charge in [-0.3, -0.25) is 10.4 Å². The third-order valence-electron chi connectivity index (χ3n) is 3.32. The number of hydrazine groups is 2. The van der Waals surface area contributed by atoms with E-state index >= 15 is 0 Å². The number of anilines is 1. The summed E-state index contributed by atoms with van der Waals surface area (Å²) in [5.74, 6) is 0.630. The van der Waals surface area contributed by atoms with Gasteiger partial charge in [-0.15, -0.1) is 0 Å². The van der Waals surface area contributed by atoms with Gasteiger partial charge >= 0.3 is 0 Å². The van der Waals surface area contributed by atoms with Crippen LogP contribution in [0.2, 0.25) is 0 Å². The van der Waals surface area contributed by atoms with Gasteiger partial charge in [-0.1, -0.05) is 18.2 Å². The molecule has 3 unspecified atom stereocenters. The number of fused-ring (bicyclic) bond motifs is 1. The second-order valence-corrected chi connectivity index (χ2v) is 4.25. The van der Waals surface area contributed by atoms with Crippen molar-refractivity contribution in [1.82, 2.24) is 16.3 Å². The predicted octanol–water partition coefficient (Wildman–Crippen LogP) is 0.450. The minimum atomic E-state index is 0.363. The lowest BCUT2D eigenvalue weighted by Gasteiger charge is -2.24. The van der Waals surface area contributed by atoms with Gasteiger partial charge < -0.3 is 0 Å². The Morgan fingerprint density at radius 1 is 1.20 bits per heavy atom. The lowest BCUT2D eigenvalue weighted by molar-refractivity contribution is 0.495. The van der Waals surface area contributed by atoms with Crippen LogP contribution in [0.25, 0.3) is 0 Å². The molecule has 2 aliphatic heterocycles. The minimum Gasteiger partial charge on any atom is -0.290 e. The molecule has 15 heavy (non-hydrogen) atoms. The van der Waals surface area contributed by atoms with Crippen molar-refractivity contribution >= 4 is 5.69 Å². The third kappa shape index (κ3) is 1.42. The molecule has 80 valence electrons. The third-order valence-corrected chi connectivity index (χ3v) is 3.32. The molecule has 0 spiro atoms. The Kier molecular flexibility index (Phi) is 2.12. The van der Waals surface area contributed by atoms with E-state index in [4.69, 9.17) is 0 Å². The molecule has 1 aromatic rings.